The predicted molar refractivity (Wildman–Crippen MR) is 109 cm³/mol. The number of carboxylic acid groups (broad SMARTS) is 1. The number of allylic oxidation sites excluding steroid dienone is 2. The Hall–Kier alpha value is -2.48. The molecule has 1 aliphatic heterocycles. The summed E-state index contributed by atoms with van der Waals surface area (Å²) in [6.07, 6.45) is 6.12. The molecule has 3 N–H and O–H groups in total. The van der Waals surface area contributed by atoms with Crippen LogP contribution in [0.5, 0.6) is 5.75 Å². The van der Waals surface area contributed by atoms with Crippen molar-refractivity contribution >= 4 is 11.8 Å². The Morgan fingerprint density at radius 2 is 2.07 bits per heavy atom. The van der Waals surface area contributed by atoms with E-state index in [9.17, 15) is 19.8 Å². The number of carbonyl (C=O) groups excluding carboxylic acids is 1. The van der Waals surface area contributed by atoms with E-state index in [0.29, 0.717) is 31.6 Å². The van der Waals surface area contributed by atoms with Crippen molar-refractivity contribution in [2.75, 3.05) is 0 Å². The van der Waals surface area contributed by atoms with Gasteiger partial charge in [-0.1, -0.05) is 42.5 Å². The normalized spacial score (nSPS) is 27.3. The molecule has 0 saturated heterocycles. The molecule has 1 heterocycles. The Morgan fingerprint density at radius 1 is 1.27 bits per heavy atom. The number of carboxylic acids is 1. The molecule has 1 saturated carbocycles. The number of carbonyl (C=O) groups is 2. The van der Waals surface area contributed by atoms with Gasteiger partial charge in [-0.15, -0.1) is 0 Å². The summed E-state index contributed by atoms with van der Waals surface area (Å²) in [4.78, 5) is 22.8. The lowest BCUT2D eigenvalue weighted by Crippen LogP contribution is -2.36. The van der Waals surface area contributed by atoms with Gasteiger partial charge in [-0.2, -0.15) is 0 Å². The zero-order valence-corrected chi connectivity index (χ0v) is 16.7. The first kappa shape index (κ1) is 22.2. The molecule has 1 unspecified atom stereocenters. The number of rotatable bonds is 9. The van der Waals surface area contributed by atoms with Crippen LogP contribution in [-0.2, 0) is 20.9 Å². The Bertz CT molecular complexity index is 800. The van der Waals surface area contributed by atoms with Crippen LogP contribution < -0.4 is 4.74 Å². The summed E-state index contributed by atoms with van der Waals surface area (Å²) in [7, 11) is 0. The van der Waals surface area contributed by atoms with Crippen molar-refractivity contribution in [3.8, 4) is 5.75 Å². The summed E-state index contributed by atoms with van der Waals surface area (Å²) in [5, 5.41) is 29.4. The van der Waals surface area contributed by atoms with Crippen LogP contribution >= 0.6 is 0 Å². The maximum absolute atomic E-state index is 12.3. The van der Waals surface area contributed by atoms with Crippen molar-refractivity contribution in [1.29, 1.82) is 0 Å². The number of aliphatic hydroxyl groups excluding tert-OH is 2. The second-order valence-corrected chi connectivity index (χ2v) is 7.70. The van der Waals surface area contributed by atoms with Gasteiger partial charge in [0.2, 0.25) is 6.29 Å². The third-order valence-corrected chi connectivity index (χ3v) is 5.48. The van der Waals surface area contributed by atoms with Crippen molar-refractivity contribution in [3.63, 3.8) is 0 Å². The van der Waals surface area contributed by atoms with E-state index in [4.69, 9.17) is 14.6 Å². The van der Waals surface area contributed by atoms with E-state index in [1.807, 2.05) is 36.4 Å². The van der Waals surface area contributed by atoms with E-state index in [2.05, 4.69) is 0 Å². The van der Waals surface area contributed by atoms with Crippen LogP contribution in [0.25, 0.3) is 0 Å². The molecule has 0 spiro atoms. The number of fused-ring (bicyclic) bond motifs is 1. The van der Waals surface area contributed by atoms with Crippen LogP contribution in [0.2, 0.25) is 0 Å². The molecule has 162 valence electrons. The lowest BCUT2D eigenvalue weighted by Gasteiger charge is -2.28. The highest BCUT2D eigenvalue weighted by atomic mass is 16.7. The van der Waals surface area contributed by atoms with Gasteiger partial charge in [0, 0.05) is 30.2 Å². The Morgan fingerprint density at radius 3 is 2.87 bits per heavy atom. The quantitative estimate of drug-likeness (QED) is 0.419. The van der Waals surface area contributed by atoms with Gasteiger partial charge in [0.1, 0.15) is 17.6 Å². The lowest BCUT2D eigenvalue weighted by atomic mass is 9.90. The first-order valence-electron chi connectivity index (χ1n) is 10.3. The van der Waals surface area contributed by atoms with Crippen LogP contribution in [0, 0.1) is 11.8 Å². The van der Waals surface area contributed by atoms with Gasteiger partial charge in [-0.25, -0.2) is 0 Å². The number of para-hydroxylation sites is 1. The Labute approximate surface area is 175 Å². The molecule has 7 heteroatoms. The molecule has 0 radical (unpaired) electrons. The number of ether oxygens (including phenoxy) is 2. The minimum atomic E-state index is -1.03. The first-order valence-corrected chi connectivity index (χ1v) is 10.3. The number of Topliss-reactive ketones (excluding diaryl/α,β-unsaturated/α-hetero) is 1. The highest BCUT2D eigenvalue weighted by Crippen LogP contribution is 2.34. The second-order valence-electron chi connectivity index (χ2n) is 7.70. The molecule has 7 nitrogen and oxygen atoms in total. The number of aliphatic carboxylic acids is 1. The molecular formula is C23H28O7. The summed E-state index contributed by atoms with van der Waals surface area (Å²) in [6, 6.07) is 7.46. The van der Waals surface area contributed by atoms with Crippen molar-refractivity contribution < 1.29 is 34.4 Å². The fraction of sp³-hybridized carbons (Fsp3) is 0.478. The van der Waals surface area contributed by atoms with E-state index in [-0.39, 0.29) is 24.5 Å². The smallest absolute Gasteiger partial charge is 0.303 e. The topological polar surface area (TPSA) is 113 Å². The summed E-state index contributed by atoms with van der Waals surface area (Å²) in [6.45, 7) is 0.339. The highest BCUT2D eigenvalue weighted by molar-refractivity contribution is 5.84. The van der Waals surface area contributed by atoms with Gasteiger partial charge >= 0.3 is 5.97 Å². The molecule has 0 bridgehead atoms. The van der Waals surface area contributed by atoms with E-state index in [0.717, 1.165) is 5.56 Å². The van der Waals surface area contributed by atoms with Gasteiger partial charge in [0.05, 0.1) is 12.7 Å². The summed E-state index contributed by atoms with van der Waals surface area (Å²) in [5.74, 6) is -0.931. The Balaban J connectivity index is 1.55. The number of aliphatic hydroxyl groups is 2. The molecule has 1 aromatic rings. The number of hydrogen-bond acceptors (Lipinski definition) is 6. The van der Waals surface area contributed by atoms with Crippen LogP contribution in [-0.4, -0.2) is 45.6 Å². The fourth-order valence-electron chi connectivity index (χ4n) is 3.83. The molecular weight excluding hydrogens is 388 g/mol. The average molecular weight is 416 g/mol. The molecule has 5 atom stereocenters. The third kappa shape index (κ3) is 5.78. The second kappa shape index (κ2) is 10.5. The van der Waals surface area contributed by atoms with Crippen LogP contribution in [0.3, 0.4) is 0 Å². The van der Waals surface area contributed by atoms with Crippen molar-refractivity contribution in [3.05, 3.63) is 54.1 Å². The number of benzene rings is 1. The van der Waals surface area contributed by atoms with Gasteiger partial charge < -0.3 is 24.8 Å². The Kier molecular flexibility index (Phi) is 7.79. The highest BCUT2D eigenvalue weighted by Gasteiger charge is 2.39. The minimum absolute atomic E-state index is 0.0130. The van der Waals surface area contributed by atoms with E-state index >= 15 is 0 Å². The summed E-state index contributed by atoms with van der Waals surface area (Å²) >= 11 is 0. The van der Waals surface area contributed by atoms with Gasteiger partial charge in [0.25, 0.3) is 0 Å². The molecule has 30 heavy (non-hydrogen) atoms. The largest absolute Gasteiger partial charge is 0.481 e. The van der Waals surface area contributed by atoms with E-state index in [1.165, 1.54) is 6.08 Å². The van der Waals surface area contributed by atoms with Gasteiger partial charge in [-0.3, -0.25) is 9.59 Å². The minimum Gasteiger partial charge on any atom is -0.481 e. The molecule has 0 aromatic heterocycles. The van der Waals surface area contributed by atoms with E-state index in [1.54, 1.807) is 6.08 Å². The lowest BCUT2D eigenvalue weighted by molar-refractivity contribution is -0.152. The van der Waals surface area contributed by atoms with Crippen molar-refractivity contribution in [2.45, 2.75) is 57.2 Å². The number of unbranched alkanes of at least 4 members (excludes halogenated alkanes) is 1. The standard InChI is InChI=1S/C23H28O7/c24-18(23-29-14-15-7-5-6-9-21(15)30-23)12-11-17-16(19(25)13-20(17)26)8-3-1-2-4-10-22(27)28/h1,3,5-7,9,11-12,16-18,20,23-24,26H,2,4,8,10,13-14H2,(H,27,28)/t16-,17-,18+,20-,23?/m1/s1. The SMILES string of the molecule is O=C(O)CCCC=CC[C@H]1C(=O)C[C@@H](O)[C@@H]1C=C[C@H](O)C1OCc2ccccc2O1. The summed E-state index contributed by atoms with van der Waals surface area (Å²) in [5.41, 5.74) is 0.914. The zero-order valence-electron chi connectivity index (χ0n) is 16.7. The molecule has 3 rings (SSSR count). The average Bonchev–Trinajstić information content (AvgIpc) is 3.00. The first-order chi connectivity index (χ1) is 14.5. The van der Waals surface area contributed by atoms with Crippen molar-refractivity contribution in [2.24, 2.45) is 11.8 Å². The fourth-order valence-corrected chi connectivity index (χ4v) is 3.83. The number of ketones is 1. The van der Waals surface area contributed by atoms with Crippen LogP contribution in [0.4, 0.5) is 0 Å². The molecule has 1 aliphatic carbocycles. The maximum atomic E-state index is 12.3. The molecule has 1 aromatic carbocycles. The number of hydrogen-bond donors (Lipinski definition) is 3. The molecule has 1 fully saturated rings. The predicted octanol–water partition coefficient (Wildman–Crippen LogP) is 2.61. The van der Waals surface area contributed by atoms with Crippen LogP contribution in [0.15, 0.2) is 48.6 Å². The van der Waals surface area contributed by atoms with Crippen LogP contribution in [0.1, 0.15) is 37.7 Å². The summed E-state index contributed by atoms with van der Waals surface area (Å²) < 4.78 is 11.3. The monoisotopic (exact) mass is 416 g/mol. The third-order valence-electron chi connectivity index (χ3n) is 5.48. The van der Waals surface area contributed by atoms with E-state index < -0.39 is 30.4 Å². The van der Waals surface area contributed by atoms with Crippen molar-refractivity contribution in [1.82, 2.24) is 0 Å². The maximum Gasteiger partial charge on any atom is 0.303 e. The molecule has 0 amide bonds. The van der Waals surface area contributed by atoms with Gasteiger partial charge in [0.15, 0.2) is 0 Å². The zero-order chi connectivity index (χ0) is 21.5. The van der Waals surface area contributed by atoms with Gasteiger partial charge in [-0.05, 0) is 25.3 Å². The molecule has 2 aliphatic rings.